The van der Waals surface area contributed by atoms with Crippen LogP contribution in [0.3, 0.4) is 0 Å². The molecule has 0 nitrogen and oxygen atoms in total. The fourth-order valence-electron chi connectivity index (χ4n) is 3.45. The lowest BCUT2D eigenvalue weighted by Gasteiger charge is -2.11. The molecule has 0 saturated carbocycles. The van der Waals surface area contributed by atoms with Gasteiger partial charge in [0.15, 0.2) is 0 Å². The summed E-state index contributed by atoms with van der Waals surface area (Å²) in [5.41, 5.74) is 5.88. The first-order valence-corrected chi connectivity index (χ1v) is 8.90. The molecule has 0 fully saturated rings. The van der Waals surface area contributed by atoms with Crippen LogP contribution < -0.4 is 0 Å². The largest absolute Gasteiger partial charge is 0.0622 e. The molecule has 0 heteroatoms. The van der Waals surface area contributed by atoms with Gasteiger partial charge in [0.05, 0.1) is 0 Å². The van der Waals surface area contributed by atoms with Crippen molar-refractivity contribution in [1.82, 2.24) is 0 Å². The lowest BCUT2D eigenvalue weighted by Crippen LogP contribution is -1.94. The van der Waals surface area contributed by atoms with Crippen molar-refractivity contribution < 1.29 is 0 Å². The van der Waals surface area contributed by atoms with Crippen LogP contribution in [0.5, 0.6) is 0 Å². The highest BCUT2D eigenvalue weighted by Gasteiger charge is 2.15. The van der Waals surface area contributed by atoms with E-state index in [9.17, 15) is 0 Å². The van der Waals surface area contributed by atoms with Crippen LogP contribution in [0.2, 0.25) is 0 Å². The van der Waals surface area contributed by atoms with Crippen molar-refractivity contribution in [2.75, 3.05) is 0 Å². The van der Waals surface area contributed by atoms with Crippen LogP contribution in [-0.4, -0.2) is 0 Å². The second-order valence-corrected chi connectivity index (χ2v) is 6.83. The minimum atomic E-state index is 0.484. The zero-order chi connectivity index (χ0) is 16.8. The van der Waals surface area contributed by atoms with Gasteiger partial charge in [0.2, 0.25) is 0 Å². The molecule has 4 rings (SSSR count). The van der Waals surface area contributed by atoms with E-state index in [0.717, 1.165) is 5.92 Å². The van der Waals surface area contributed by atoms with E-state index in [-0.39, 0.29) is 0 Å². The third-order valence-corrected chi connectivity index (χ3v) is 4.85. The van der Waals surface area contributed by atoms with E-state index in [4.69, 9.17) is 0 Å². The predicted molar refractivity (Wildman–Crippen MR) is 103 cm³/mol. The van der Waals surface area contributed by atoms with Crippen LogP contribution in [-0.2, 0) is 12.8 Å². The van der Waals surface area contributed by atoms with Gasteiger partial charge in [-0.25, -0.2) is 0 Å². The molecule has 0 aromatic heterocycles. The summed E-state index contributed by atoms with van der Waals surface area (Å²) in [7, 11) is 0. The van der Waals surface area contributed by atoms with Crippen molar-refractivity contribution in [1.29, 1.82) is 0 Å². The molecular formula is C24H26. The maximum Gasteiger partial charge on any atom is 0.00610 e. The highest BCUT2D eigenvalue weighted by Crippen LogP contribution is 2.25. The van der Waals surface area contributed by atoms with Gasteiger partial charge in [-0.15, -0.1) is 0 Å². The Morgan fingerprint density at radius 3 is 1.42 bits per heavy atom. The molecule has 0 unspecified atom stereocenters. The summed E-state index contributed by atoms with van der Waals surface area (Å²) in [4.78, 5) is 0. The van der Waals surface area contributed by atoms with Gasteiger partial charge in [-0.2, -0.15) is 0 Å². The van der Waals surface area contributed by atoms with E-state index in [1.54, 1.807) is 11.1 Å². The topological polar surface area (TPSA) is 0 Å². The number of hydrogen-bond donors (Lipinski definition) is 0. The predicted octanol–water partition coefficient (Wildman–Crippen LogP) is 6.26. The molecule has 0 heterocycles. The molecule has 0 bridgehead atoms. The molecule has 0 spiro atoms. The van der Waals surface area contributed by atoms with Crippen molar-refractivity contribution in [3.8, 4) is 0 Å². The van der Waals surface area contributed by atoms with Gasteiger partial charge in [0.1, 0.15) is 0 Å². The first-order valence-electron chi connectivity index (χ1n) is 8.90. The lowest BCUT2D eigenvalue weighted by molar-refractivity contribution is 0.628. The van der Waals surface area contributed by atoms with Crippen LogP contribution in [0.25, 0.3) is 0 Å². The van der Waals surface area contributed by atoms with Gasteiger partial charge < -0.3 is 0 Å². The summed E-state index contributed by atoms with van der Waals surface area (Å²) in [6.07, 6.45) is 2.58. The summed E-state index contributed by atoms with van der Waals surface area (Å²) < 4.78 is 0. The summed E-state index contributed by atoms with van der Waals surface area (Å²) in [5, 5.41) is 0. The van der Waals surface area contributed by atoms with Crippen LogP contribution in [0.4, 0.5) is 0 Å². The number of fused-ring (bicyclic) bond motifs is 1. The minimum absolute atomic E-state index is 0.484. The molecule has 0 radical (unpaired) electrons. The fourth-order valence-corrected chi connectivity index (χ4v) is 3.45. The molecule has 0 saturated heterocycles. The Balaban J connectivity index is 0.000000149. The first kappa shape index (κ1) is 16.5. The molecule has 3 aromatic rings. The molecule has 1 aliphatic carbocycles. The van der Waals surface area contributed by atoms with E-state index in [1.807, 2.05) is 0 Å². The lowest BCUT2D eigenvalue weighted by atomic mass is 9.93. The van der Waals surface area contributed by atoms with Crippen molar-refractivity contribution >= 4 is 0 Å². The first-order chi connectivity index (χ1) is 11.7. The molecular weight excluding hydrogens is 288 g/mol. The highest BCUT2D eigenvalue weighted by molar-refractivity contribution is 5.32. The Bertz CT molecular complexity index is 679. The van der Waals surface area contributed by atoms with Crippen molar-refractivity contribution in [3.63, 3.8) is 0 Å². The van der Waals surface area contributed by atoms with Crippen LogP contribution in [0, 0.1) is 5.92 Å². The number of hydrogen-bond acceptors (Lipinski definition) is 0. The molecule has 24 heavy (non-hydrogen) atoms. The Hall–Kier alpha value is -2.34. The van der Waals surface area contributed by atoms with Crippen molar-refractivity contribution in [3.05, 3.63) is 107 Å². The highest BCUT2D eigenvalue weighted by atomic mass is 14.2. The van der Waals surface area contributed by atoms with Gasteiger partial charge >= 0.3 is 0 Å². The average Bonchev–Trinajstić information content (AvgIpc) is 3.03. The Morgan fingerprint density at radius 1 is 0.625 bits per heavy atom. The normalized spacial score (nSPS) is 13.3. The van der Waals surface area contributed by atoms with E-state index in [1.165, 1.54) is 24.0 Å². The van der Waals surface area contributed by atoms with Crippen molar-refractivity contribution in [2.45, 2.75) is 32.6 Å². The summed E-state index contributed by atoms with van der Waals surface area (Å²) in [6.45, 7) is 4.56. The monoisotopic (exact) mass is 314 g/mol. The zero-order valence-electron chi connectivity index (χ0n) is 14.7. The van der Waals surface area contributed by atoms with E-state index < -0.39 is 0 Å². The number of benzene rings is 3. The quantitative estimate of drug-likeness (QED) is 0.523. The van der Waals surface area contributed by atoms with Gasteiger partial charge in [0.25, 0.3) is 0 Å². The van der Waals surface area contributed by atoms with E-state index in [0.29, 0.717) is 5.92 Å². The van der Waals surface area contributed by atoms with Gasteiger partial charge in [0, 0.05) is 5.92 Å². The molecule has 1 aliphatic rings. The van der Waals surface area contributed by atoms with Gasteiger partial charge in [-0.1, -0.05) is 98.8 Å². The third kappa shape index (κ3) is 4.14. The van der Waals surface area contributed by atoms with E-state index in [2.05, 4.69) is 98.8 Å². The molecule has 3 aromatic carbocycles. The minimum Gasteiger partial charge on any atom is -0.0622 e. The molecule has 0 aliphatic heterocycles. The van der Waals surface area contributed by atoms with Crippen LogP contribution in [0.1, 0.15) is 42.0 Å². The fraction of sp³-hybridized carbons (Fsp3) is 0.250. The Morgan fingerprint density at radius 2 is 1.00 bits per heavy atom. The molecule has 0 N–H and O–H groups in total. The SMILES string of the molecule is CC(c1ccccc1)c1ccccc1.CC1Cc2ccccc2C1. The zero-order valence-corrected chi connectivity index (χ0v) is 14.7. The van der Waals surface area contributed by atoms with Crippen molar-refractivity contribution in [2.24, 2.45) is 5.92 Å². The summed E-state index contributed by atoms with van der Waals surface area (Å²) >= 11 is 0. The summed E-state index contributed by atoms with van der Waals surface area (Å²) in [6, 6.07) is 30.0. The molecule has 122 valence electrons. The standard InChI is InChI=1S/C14H14.C10H12/c1-12(13-8-4-2-5-9-13)14-10-6-3-7-11-14;1-8-6-9-4-2-3-5-10(9)7-8/h2-12H,1H3;2-5,8H,6-7H2,1H3. The Labute approximate surface area is 146 Å². The van der Waals surface area contributed by atoms with Gasteiger partial charge in [-0.3, -0.25) is 0 Å². The van der Waals surface area contributed by atoms with E-state index >= 15 is 0 Å². The second-order valence-electron chi connectivity index (χ2n) is 6.83. The van der Waals surface area contributed by atoms with Crippen LogP contribution in [0.15, 0.2) is 84.9 Å². The third-order valence-electron chi connectivity index (χ3n) is 4.85. The maximum absolute atomic E-state index is 2.32. The van der Waals surface area contributed by atoms with Gasteiger partial charge in [-0.05, 0) is 41.0 Å². The Kier molecular flexibility index (Phi) is 5.48. The summed E-state index contributed by atoms with van der Waals surface area (Å²) in [5.74, 6) is 1.36. The van der Waals surface area contributed by atoms with Crippen LogP contribution >= 0.6 is 0 Å². The maximum atomic E-state index is 2.32. The molecule has 0 amide bonds. The molecule has 0 atom stereocenters. The number of rotatable bonds is 2. The second kappa shape index (κ2) is 7.97. The smallest absolute Gasteiger partial charge is 0.00610 e. The average molecular weight is 314 g/mol.